The molecule has 0 rings (SSSR count). The topological polar surface area (TPSA) is 52.6 Å². The van der Waals surface area contributed by atoms with E-state index in [1.165, 1.54) is 321 Å². The van der Waals surface area contributed by atoms with Gasteiger partial charge in [-0.1, -0.05) is 245 Å². The number of unbranched alkanes of at least 4 members (excludes halogenated alkanes) is 52. The predicted octanol–water partition coefficient (Wildman–Crippen LogP) is 21.5. The first-order valence-electron chi connectivity index (χ1n) is 30.3. The van der Waals surface area contributed by atoms with Crippen molar-refractivity contribution in [2.45, 2.75) is 373 Å². The summed E-state index contributed by atoms with van der Waals surface area (Å²) in [6.07, 6.45) is 75.9. The van der Waals surface area contributed by atoms with Crippen molar-refractivity contribution in [2.75, 3.05) is 0 Å². The standard InChI is InChI=1S/2C30H60O2.Pb/c2*1-2-3-4-5-6-7-8-9-10-11-12-13-14-15-16-17-18-19-20-21-22-23-24-25-26-27-28-29-30(31)32;/h2*2-29H2,1H3,(H,31,32);/q;;+2/p-2. The van der Waals surface area contributed by atoms with E-state index in [0.29, 0.717) is 12.8 Å². The van der Waals surface area contributed by atoms with Crippen LogP contribution in [0, 0.1) is 0 Å². The van der Waals surface area contributed by atoms with Crippen LogP contribution in [0.5, 0.6) is 0 Å². The molecule has 0 aliphatic carbocycles. The molecule has 0 amide bonds. The quantitative estimate of drug-likeness (QED) is 0.0450. The Morgan fingerprint density at radius 1 is 0.215 bits per heavy atom. The summed E-state index contributed by atoms with van der Waals surface area (Å²) in [4.78, 5) is 24.2. The molecule has 0 unspecified atom stereocenters. The number of rotatable bonds is 58. The molecule has 0 heterocycles. The van der Waals surface area contributed by atoms with E-state index >= 15 is 0 Å². The second kappa shape index (κ2) is 60.0. The van der Waals surface area contributed by atoms with Gasteiger partial charge in [-0.3, -0.25) is 0 Å². The van der Waals surface area contributed by atoms with Crippen LogP contribution in [-0.4, -0.2) is 37.1 Å². The van der Waals surface area contributed by atoms with Crippen molar-refractivity contribution in [1.82, 2.24) is 0 Å². The van der Waals surface area contributed by atoms with Gasteiger partial charge in [0, 0.05) is 0 Å². The van der Waals surface area contributed by atoms with E-state index in [1.54, 1.807) is 0 Å². The predicted molar refractivity (Wildman–Crippen MR) is 288 cm³/mol. The van der Waals surface area contributed by atoms with Gasteiger partial charge in [0.2, 0.25) is 0 Å². The Balaban J connectivity index is 3.22. The van der Waals surface area contributed by atoms with Crippen molar-refractivity contribution in [3.05, 3.63) is 0 Å². The Kier molecular flexibility index (Phi) is 59.9. The Hall–Kier alpha value is -0.138. The van der Waals surface area contributed by atoms with Gasteiger partial charge in [0.05, 0.1) is 0 Å². The van der Waals surface area contributed by atoms with Gasteiger partial charge in [-0.15, -0.1) is 0 Å². The first-order valence-corrected chi connectivity index (χ1v) is 33.5. The van der Waals surface area contributed by atoms with Crippen molar-refractivity contribution in [1.29, 1.82) is 0 Å². The molecule has 0 aromatic carbocycles. The molecule has 386 valence electrons. The van der Waals surface area contributed by atoms with Gasteiger partial charge < -0.3 is 0 Å². The number of carbonyl (C=O) groups is 2. The Morgan fingerprint density at radius 3 is 0.477 bits per heavy atom. The minimum Gasteiger partial charge on any atom is -0.0654 e. The van der Waals surface area contributed by atoms with Crippen molar-refractivity contribution < 1.29 is 15.0 Å². The summed E-state index contributed by atoms with van der Waals surface area (Å²) in [5, 5.41) is 0. The first kappa shape index (κ1) is 64.9. The molecule has 2 radical (unpaired) electrons. The van der Waals surface area contributed by atoms with Gasteiger partial charge in [0.15, 0.2) is 0 Å². The molecule has 0 aliphatic rings. The SMILES string of the molecule is CCCCCCCCCCCCCCCCCCCCCCCCCCCCCC(=O)[O][Pb][O]C(=O)CCCCCCCCCCCCCCCCCCCCCCCCCCCCC. The van der Waals surface area contributed by atoms with E-state index < -0.39 is 25.1 Å². The van der Waals surface area contributed by atoms with Crippen LogP contribution in [0.25, 0.3) is 0 Å². The van der Waals surface area contributed by atoms with Crippen LogP contribution in [0.1, 0.15) is 373 Å². The third-order valence-corrected chi connectivity index (χ3v) is 16.7. The molecular formula is C60H118O4Pb. The van der Waals surface area contributed by atoms with E-state index in [0.717, 1.165) is 25.7 Å². The van der Waals surface area contributed by atoms with Crippen LogP contribution in [0.2, 0.25) is 0 Å². The molecule has 0 fully saturated rings. The Bertz CT molecular complexity index is 824. The molecule has 5 heteroatoms. The average molecular weight is 1110 g/mol. The molecule has 0 N–H and O–H groups in total. The minimum atomic E-state index is -2.06. The molecule has 0 bridgehead atoms. The second-order valence-corrected chi connectivity index (χ2v) is 23.2. The van der Waals surface area contributed by atoms with Crippen LogP contribution in [-0.2, 0) is 15.0 Å². The molecule has 0 aromatic rings. The van der Waals surface area contributed by atoms with Crippen LogP contribution in [0.4, 0.5) is 0 Å². The fourth-order valence-corrected chi connectivity index (χ4v) is 11.4. The zero-order chi connectivity index (χ0) is 46.9. The van der Waals surface area contributed by atoms with Gasteiger partial charge in [-0.25, -0.2) is 0 Å². The molecule has 0 aromatic heterocycles. The smallest absolute Gasteiger partial charge is 0.0654 e. The Morgan fingerprint density at radius 2 is 0.338 bits per heavy atom. The second-order valence-electron chi connectivity index (χ2n) is 20.9. The van der Waals surface area contributed by atoms with Gasteiger partial charge in [0.1, 0.15) is 0 Å². The van der Waals surface area contributed by atoms with Gasteiger partial charge in [-0.05, 0) is 0 Å². The molecule has 0 spiro atoms. The monoisotopic (exact) mass is 1110 g/mol. The molecule has 0 atom stereocenters. The van der Waals surface area contributed by atoms with Crippen molar-refractivity contribution in [3.63, 3.8) is 0 Å². The van der Waals surface area contributed by atoms with E-state index in [9.17, 15) is 9.59 Å². The normalized spacial score (nSPS) is 11.5. The summed E-state index contributed by atoms with van der Waals surface area (Å²) >= 11 is -2.06. The van der Waals surface area contributed by atoms with Crippen molar-refractivity contribution in [3.8, 4) is 0 Å². The third-order valence-electron chi connectivity index (χ3n) is 14.3. The fourth-order valence-electron chi connectivity index (χ4n) is 9.74. The average Bonchev–Trinajstić information content (AvgIpc) is 3.31. The summed E-state index contributed by atoms with van der Waals surface area (Å²) in [6, 6.07) is 0. The van der Waals surface area contributed by atoms with E-state index in [2.05, 4.69) is 13.8 Å². The molecule has 0 aliphatic heterocycles. The summed E-state index contributed by atoms with van der Waals surface area (Å²) < 4.78 is 10.7. The minimum absolute atomic E-state index is 0.156. The maximum absolute atomic E-state index is 12.1. The third kappa shape index (κ3) is 59.9. The van der Waals surface area contributed by atoms with E-state index in [1.807, 2.05) is 0 Å². The Labute approximate surface area is 422 Å². The molecule has 4 nitrogen and oxygen atoms in total. The van der Waals surface area contributed by atoms with Gasteiger partial charge in [0.25, 0.3) is 0 Å². The van der Waals surface area contributed by atoms with E-state index in [4.69, 9.17) is 5.37 Å². The molecular weight excluding hydrogens is 992 g/mol. The molecule has 0 saturated heterocycles. The number of carbonyl (C=O) groups excluding carboxylic acids is 2. The number of hydrogen-bond acceptors (Lipinski definition) is 4. The first-order chi connectivity index (χ1) is 32.2. The summed E-state index contributed by atoms with van der Waals surface area (Å²) in [5.41, 5.74) is 0. The van der Waals surface area contributed by atoms with Crippen molar-refractivity contribution in [2.24, 2.45) is 0 Å². The zero-order valence-electron chi connectivity index (χ0n) is 44.7. The van der Waals surface area contributed by atoms with Gasteiger partial charge >= 0.3 is 180 Å². The molecule has 0 saturated carbocycles. The van der Waals surface area contributed by atoms with Crippen LogP contribution >= 0.6 is 0 Å². The van der Waals surface area contributed by atoms with E-state index in [-0.39, 0.29) is 11.9 Å². The van der Waals surface area contributed by atoms with Crippen molar-refractivity contribution >= 4 is 37.1 Å². The molecule has 65 heavy (non-hydrogen) atoms. The summed E-state index contributed by atoms with van der Waals surface area (Å²) in [6.45, 7) is 4.60. The van der Waals surface area contributed by atoms with Crippen LogP contribution < -0.4 is 0 Å². The summed E-state index contributed by atoms with van der Waals surface area (Å²) in [7, 11) is 0. The van der Waals surface area contributed by atoms with Crippen LogP contribution in [0.15, 0.2) is 0 Å². The summed E-state index contributed by atoms with van der Waals surface area (Å²) in [5.74, 6) is -0.313. The zero-order valence-corrected chi connectivity index (χ0v) is 48.6. The fraction of sp³-hybridized carbons (Fsp3) is 0.967. The van der Waals surface area contributed by atoms with Crippen LogP contribution in [0.3, 0.4) is 0 Å². The van der Waals surface area contributed by atoms with Gasteiger partial charge in [-0.2, -0.15) is 0 Å². The number of hydrogen-bond donors (Lipinski definition) is 0. The maximum atomic E-state index is 12.1.